The third-order valence-electron chi connectivity index (χ3n) is 4.64. The Morgan fingerprint density at radius 3 is 2.37 bits per heavy atom. The number of amides is 1. The predicted molar refractivity (Wildman–Crippen MR) is 113 cm³/mol. The van der Waals surface area contributed by atoms with E-state index in [4.69, 9.17) is 4.74 Å². The molecule has 0 unspecified atom stereocenters. The van der Waals surface area contributed by atoms with Crippen molar-refractivity contribution in [2.45, 2.75) is 39.0 Å². The summed E-state index contributed by atoms with van der Waals surface area (Å²) < 4.78 is 5.76. The van der Waals surface area contributed by atoms with Gasteiger partial charge in [-0.15, -0.1) is 0 Å². The number of carbonyl (C=O) groups is 1. The molecule has 0 saturated carbocycles. The molecule has 27 heavy (non-hydrogen) atoms. The minimum atomic E-state index is -0.114. The molecular weight excluding hydrogens is 334 g/mol. The van der Waals surface area contributed by atoms with E-state index in [9.17, 15) is 4.79 Å². The van der Waals surface area contributed by atoms with Crippen molar-refractivity contribution >= 4 is 22.4 Å². The molecular formula is C24H27NO2. The third-order valence-corrected chi connectivity index (χ3v) is 4.64. The van der Waals surface area contributed by atoms with Gasteiger partial charge in [-0.3, -0.25) is 4.79 Å². The standard InChI is InChI=1S/C24H27NO2/c1-2-3-4-5-8-17-27-23-15-12-20(13-16-23)24(26)25-22-14-11-19-9-6-7-10-21(19)18-22/h6-7,9-16,18H,2-5,8,17H2,1H3,(H,25,26). The van der Waals surface area contributed by atoms with Crippen molar-refractivity contribution in [1.82, 2.24) is 0 Å². The van der Waals surface area contributed by atoms with Crippen LogP contribution in [0.1, 0.15) is 49.4 Å². The lowest BCUT2D eigenvalue weighted by Crippen LogP contribution is -2.11. The second-order valence-electron chi connectivity index (χ2n) is 6.80. The minimum Gasteiger partial charge on any atom is -0.494 e. The van der Waals surface area contributed by atoms with Crippen LogP contribution in [0.3, 0.4) is 0 Å². The Labute approximate surface area is 161 Å². The van der Waals surface area contributed by atoms with Crippen LogP contribution in [0.25, 0.3) is 10.8 Å². The quantitative estimate of drug-likeness (QED) is 0.445. The zero-order valence-corrected chi connectivity index (χ0v) is 15.9. The molecule has 3 heteroatoms. The fourth-order valence-electron chi connectivity index (χ4n) is 3.07. The van der Waals surface area contributed by atoms with Crippen molar-refractivity contribution in [3.63, 3.8) is 0 Å². The van der Waals surface area contributed by atoms with Crippen molar-refractivity contribution in [3.8, 4) is 5.75 Å². The lowest BCUT2D eigenvalue weighted by molar-refractivity contribution is 0.102. The molecule has 0 radical (unpaired) electrons. The van der Waals surface area contributed by atoms with E-state index in [0.29, 0.717) is 5.56 Å². The van der Waals surface area contributed by atoms with E-state index >= 15 is 0 Å². The van der Waals surface area contributed by atoms with Crippen molar-refractivity contribution in [1.29, 1.82) is 0 Å². The summed E-state index contributed by atoms with van der Waals surface area (Å²) in [5, 5.41) is 5.23. The highest BCUT2D eigenvalue weighted by Gasteiger charge is 2.07. The van der Waals surface area contributed by atoms with Crippen molar-refractivity contribution < 1.29 is 9.53 Å². The van der Waals surface area contributed by atoms with Crippen LogP contribution in [0.5, 0.6) is 5.75 Å². The Bertz CT molecular complexity index is 871. The second kappa shape index (κ2) is 9.77. The van der Waals surface area contributed by atoms with E-state index in [0.717, 1.165) is 35.2 Å². The molecule has 140 valence electrons. The number of unbranched alkanes of at least 4 members (excludes halogenated alkanes) is 4. The molecule has 0 aliphatic rings. The molecule has 0 spiro atoms. The van der Waals surface area contributed by atoms with E-state index in [1.54, 1.807) is 0 Å². The molecule has 0 aliphatic heterocycles. The number of carbonyl (C=O) groups excluding carboxylic acids is 1. The predicted octanol–water partition coefficient (Wildman–Crippen LogP) is 6.44. The number of benzene rings is 3. The summed E-state index contributed by atoms with van der Waals surface area (Å²) >= 11 is 0. The van der Waals surface area contributed by atoms with Gasteiger partial charge in [0.05, 0.1) is 6.61 Å². The molecule has 0 bridgehead atoms. The first-order valence-corrected chi connectivity index (χ1v) is 9.79. The Hall–Kier alpha value is -2.81. The highest BCUT2D eigenvalue weighted by atomic mass is 16.5. The maximum absolute atomic E-state index is 12.5. The van der Waals surface area contributed by atoms with Gasteiger partial charge in [-0.05, 0) is 53.6 Å². The summed E-state index contributed by atoms with van der Waals surface area (Å²) in [7, 11) is 0. The molecule has 3 nitrogen and oxygen atoms in total. The summed E-state index contributed by atoms with van der Waals surface area (Å²) in [6.07, 6.45) is 6.10. The monoisotopic (exact) mass is 361 g/mol. The minimum absolute atomic E-state index is 0.114. The summed E-state index contributed by atoms with van der Waals surface area (Å²) in [4.78, 5) is 12.5. The molecule has 3 rings (SSSR count). The van der Waals surface area contributed by atoms with Gasteiger partial charge in [-0.2, -0.15) is 0 Å². The number of hydrogen-bond donors (Lipinski definition) is 1. The SMILES string of the molecule is CCCCCCCOc1ccc(C(=O)Nc2ccc3ccccc3c2)cc1. The number of anilines is 1. The zero-order valence-electron chi connectivity index (χ0n) is 15.9. The normalized spacial score (nSPS) is 10.7. The molecule has 1 N–H and O–H groups in total. The van der Waals surface area contributed by atoms with Crippen LogP contribution < -0.4 is 10.1 Å². The molecule has 3 aromatic rings. The van der Waals surface area contributed by atoms with E-state index in [1.165, 1.54) is 25.7 Å². The van der Waals surface area contributed by atoms with Crippen LogP contribution in [-0.4, -0.2) is 12.5 Å². The van der Waals surface area contributed by atoms with Crippen LogP contribution in [0.4, 0.5) is 5.69 Å². The molecule has 0 aliphatic carbocycles. The summed E-state index contributed by atoms with van der Waals surface area (Å²) in [6, 6.07) is 21.4. The zero-order chi connectivity index (χ0) is 18.9. The van der Waals surface area contributed by atoms with Crippen LogP contribution in [0, 0.1) is 0 Å². The topological polar surface area (TPSA) is 38.3 Å². The summed E-state index contributed by atoms with van der Waals surface area (Å²) in [5.74, 6) is 0.698. The van der Waals surface area contributed by atoms with Crippen LogP contribution in [0.2, 0.25) is 0 Å². The van der Waals surface area contributed by atoms with Gasteiger partial charge in [0, 0.05) is 11.3 Å². The van der Waals surface area contributed by atoms with Gasteiger partial charge in [0.25, 0.3) is 5.91 Å². The first kappa shape index (κ1) is 19.0. The van der Waals surface area contributed by atoms with Gasteiger partial charge in [-0.25, -0.2) is 0 Å². The Morgan fingerprint density at radius 1 is 0.852 bits per heavy atom. The third kappa shape index (κ3) is 5.58. The van der Waals surface area contributed by atoms with Gasteiger partial charge < -0.3 is 10.1 Å². The fourth-order valence-corrected chi connectivity index (χ4v) is 3.07. The van der Waals surface area contributed by atoms with Crippen LogP contribution >= 0.6 is 0 Å². The molecule has 0 atom stereocenters. The second-order valence-corrected chi connectivity index (χ2v) is 6.80. The maximum Gasteiger partial charge on any atom is 0.255 e. The number of fused-ring (bicyclic) bond motifs is 1. The van der Waals surface area contributed by atoms with Gasteiger partial charge in [0.15, 0.2) is 0 Å². The smallest absolute Gasteiger partial charge is 0.255 e. The highest BCUT2D eigenvalue weighted by molar-refractivity contribution is 6.05. The molecule has 0 aromatic heterocycles. The first-order chi connectivity index (χ1) is 13.3. The van der Waals surface area contributed by atoms with Crippen LogP contribution in [0.15, 0.2) is 66.7 Å². The average molecular weight is 361 g/mol. The van der Waals surface area contributed by atoms with Crippen molar-refractivity contribution in [2.75, 3.05) is 11.9 Å². The molecule has 0 heterocycles. The molecule has 0 fully saturated rings. The largest absolute Gasteiger partial charge is 0.494 e. The van der Waals surface area contributed by atoms with E-state index in [-0.39, 0.29) is 5.91 Å². The van der Waals surface area contributed by atoms with Gasteiger partial charge in [0.1, 0.15) is 5.75 Å². The van der Waals surface area contributed by atoms with Crippen molar-refractivity contribution in [3.05, 3.63) is 72.3 Å². The highest BCUT2D eigenvalue weighted by Crippen LogP contribution is 2.20. The summed E-state index contributed by atoms with van der Waals surface area (Å²) in [6.45, 7) is 2.94. The summed E-state index contributed by atoms with van der Waals surface area (Å²) in [5.41, 5.74) is 1.42. The number of ether oxygens (including phenoxy) is 1. The molecule has 3 aromatic carbocycles. The molecule has 0 saturated heterocycles. The maximum atomic E-state index is 12.5. The Kier molecular flexibility index (Phi) is 6.86. The number of nitrogens with one attached hydrogen (secondary N) is 1. The van der Waals surface area contributed by atoms with Gasteiger partial charge in [-0.1, -0.05) is 62.9 Å². The molecule has 1 amide bonds. The lowest BCUT2D eigenvalue weighted by atomic mass is 10.1. The van der Waals surface area contributed by atoms with Gasteiger partial charge in [0.2, 0.25) is 0 Å². The lowest BCUT2D eigenvalue weighted by Gasteiger charge is -2.09. The first-order valence-electron chi connectivity index (χ1n) is 9.79. The number of rotatable bonds is 9. The van der Waals surface area contributed by atoms with E-state index < -0.39 is 0 Å². The fraction of sp³-hybridized carbons (Fsp3) is 0.292. The Balaban J connectivity index is 1.52. The number of hydrogen-bond acceptors (Lipinski definition) is 2. The van der Waals surface area contributed by atoms with E-state index in [1.807, 2.05) is 60.7 Å². The van der Waals surface area contributed by atoms with Crippen molar-refractivity contribution in [2.24, 2.45) is 0 Å². The van der Waals surface area contributed by atoms with E-state index in [2.05, 4.69) is 18.3 Å². The van der Waals surface area contributed by atoms with Crippen LogP contribution in [-0.2, 0) is 0 Å². The Morgan fingerprint density at radius 2 is 1.59 bits per heavy atom. The average Bonchev–Trinajstić information content (AvgIpc) is 2.71. The van der Waals surface area contributed by atoms with Gasteiger partial charge >= 0.3 is 0 Å².